The highest BCUT2D eigenvalue weighted by Gasteiger charge is 2.24. The molecule has 1 aliphatic heterocycles. The summed E-state index contributed by atoms with van der Waals surface area (Å²) in [6.07, 6.45) is 2.44. The first-order chi connectivity index (χ1) is 9.74. The average Bonchev–Trinajstić information content (AvgIpc) is 2.98. The number of aliphatic hydroxyl groups excluding tert-OH is 1. The molecule has 6 nitrogen and oxygen atoms in total. The molecule has 20 heavy (non-hydrogen) atoms. The first kappa shape index (κ1) is 12.8. The van der Waals surface area contributed by atoms with E-state index in [1.54, 1.807) is 4.90 Å². The predicted molar refractivity (Wildman–Crippen MR) is 72.5 cm³/mol. The standard InChI is InChI=1S/C14H16N4O2/c19-12-6-8-17(9-7-12)14(20)13-10-15-18(16-13)11-4-2-1-3-5-11/h1-5,10,12,19H,6-9H2. The van der Waals surface area contributed by atoms with E-state index in [2.05, 4.69) is 10.2 Å². The van der Waals surface area contributed by atoms with Crippen LogP contribution in [0.1, 0.15) is 23.3 Å². The highest BCUT2D eigenvalue weighted by atomic mass is 16.3. The SMILES string of the molecule is O=C(c1cnn(-c2ccccc2)n1)N1CCC(O)CC1. The zero-order valence-electron chi connectivity index (χ0n) is 11.0. The van der Waals surface area contributed by atoms with Crippen LogP contribution in [0.15, 0.2) is 36.5 Å². The summed E-state index contributed by atoms with van der Waals surface area (Å²) in [5.74, 6) is -0.126. The topological polar surface area (TPSA) is 71.2 Å². The van der Waals surface area contributed by atoms with Gasteiger partial charge in [0.15, 0.2) is 5.69 Å². The first-order valence-electron chi connectivity index (χ1n) is 6.69. The number of amides is 1. The van der Waals surface area contributed by atoms with Gasteiger partial charge < -0.3 is 10.0 Å². The van der Waals surface area contributed by atoms with Gasteiger partial charge in [-0.05, 0) is 25.0 Å². The number of hydrogen-bond donors (Lipinski definition) is 1. The molecule has 1 aromatic carbocycles. The largest absolute Gasteiger partial charge is 0.393 e. The number of aliphatic hydroxyl groups is 1. The summed E-state index contributed by atoms with van der Waals surface area (Å²) in [6, 6.07) is 9.47. The second kappa shape index (κ2) is 5.42. The Labute approximate surface area is 116 Å². The zero-order valence-corrected chi connectivity index (χ0v) is 11.0. The van der Waals surface area contributed by atoms with E-state index in [1.807, 2.05) is 30.3 Å². The van der Waals surface area contributed by atoms with Gasteiger partial charge in [-0.1, -0.05) is 18.2 Å². The predicted octanol–water partition coefficient (Wildman–Crippen LogP) is 0.864. The summed E-state index contributed by atoms with van der Waals surface area (Å²) in [6.45, 7) is 1.14. The van der Waals surface area contributed by atoms with Crippen LogP contribution < -0.4 is 0 Å². The Morgan fingerprint density at radius 3 is 2.60 bits per heavy atom. The van der Waals surface area contributed by atoms with Gasteiger partial charge in [0.1, 0.15) is 0 Å². The molecule has 1 N–H and O–H groups in total. The minimum atomic E-state index is -0.293. The summed E-state index contributed by atoms with van der Waals surface area (Å²) in [4.78, 5) is 15.4. The second-order valence-corrected chi connectivity index (χ2v) is 4.88. The first-order valence-corrected chi connectivity index (χ1v) is 6.69. The van der Waals surface area contributed by atoms with Gasteiger partial charge in [-0.25, -0.2) is 0 Å². The van der Waals surface area contributed by atoms with Crippen LogP contribution in [0.5, 0.6) is 0 Å². The lowest BCUT2D eigenvalue weighted by molar-refractivity contribution is 0.0541. The Kier molecular flexibility index (Phi) is 3.47. The number of likely N-dealkylation sites (tertiary alicyclic amines) is 1. The monoisotopic (exact) mass is 272 g/mol. The quantitative estimate of drug-likeness (QED) is 0.880. The summed E-state index contributed by atoms with van der Waals surface area (Å²) in [5.41, 5.74) is 1.16. The fourth-order valence-corrected chi connectivity index (χ4v) is 2.28. The summed E-state index contributed by atoms with van der Waals surface area (Å²) in [7, 11) is 0. The van der Waals surface area contributed by atoms with E-state index in [1.165, 1.54) is 11.0 Å². The van der Waals surface area contributed by atoms with E-state index in [4.69, 9.17) is 0 Å². The lowest BCUT2D eigenvalue weighted by atomic mass is 10.1. The van der Waals surface area contributed by atoms with Gasteiger partial charge in [0.25, 0.3) is 5.91 Å². The van der Waals surface area contributed by atoms with Gasteiger partial charge in [-0.3, -0.25) is 4.79 Å². The number of carbonyl (C=O) groups is 1. The number of benzene rings is 1. The Balaban J connectivity index is 1.75. The van der Waals surface area contributed by atoms with Crippen LogP contribution in [0.2, 0.25) is 0 Å². The van der Waals surface area contributed by atoms with Gasteiger partial charge in [-0.2, -0.15) is 9.90 Å². The molecule has 2 aromatic rings. The molecule has 1 aromatic heterocycles. The van der Waals surface area contributed by atoms with Gasteiger partial charge >= 0.3 is 0 Å². The molecule has 0 aliphatic carbocycles. The summed E-state index contributed by atoms with van der Waals surface area (Å²) in [5, 5.41) is 17.8. The Morgan fingerprint density at radius 1 is 1.20 bits per heavy atom. The number of carbonyl (C=O) groups excluding carboxylic acids is 1. The van der Waals surface area contributed by atoms with E-state index < -0.39 is 0 Å². The van der Waals surface area contributed by atoms with Crippen LogP contribution in [0, 0.1) is 0 Å². The van der Waals surface area contributed by atoms with Crippen molar-refractivity contribution in [2.24, 2.45) is 0 Å². The van der Waals surface area contributed by atoms with E-state index in [0.29, 0.717) is 31.6 Å². The molecule has 2 heterocycles. The minimum absolute atomic E-state index is 0.126. The molecule has 0 atom stereocenters. The fraction of sp³-hybridized carbons (Fsp3) is 0.357. The van der Waals surface area contributed by atoms with E-state index >= 15 is 0 Å². The number of piperidine rings is 1. The molecular formula is C14H16N4O2. The molecule has 3 rings (SSSR count). The highest BCUT2D eigenvalue weighted by Crippen LogP contribution is 2.13. The van der Waals surface area contributed by atoms with Crippen molar-refractivity contribution in [1.29, 1.82) is 0 Å². The molecular weight excluding hydrogens is 256 g/mol. The molecule has 0 saturated carbocycles. The molecule has 0 spiro atoms. The zero-order chi connectivity index (χ0) is 13.9. The van der Waals surface area contributed by atoms with E-state index in [9.17, 15) is 9.90 Å². The Hall–Kier alpha value is -2.21. The molecule has 104 valence electrons. The van der Waals surface area contributed by atoms with Crippen molar-refractivity contribution in [2.45, 2.75) is 18.9 Å². The molecule has 6 heteroatoms. The van der Waals surface area contributed by atoms with Crippen LogP contribution in [0.4, 0.5) is 0 Å². The minimum Gasteiger partial charge on any atom is -0.393 e. The number of rotatable bonds is 2. The van der Waals surface area contributed by atoms with Crippen molar-refractivity contribution in [3.05, 3.63) is 42.2 Å². The van der Waals surface area contributed by atoms with Gasteiger partial charge in [0, 0.05) is 13.1 Å². The van der Waals surface area contributed by atoms with Crippen LogP contribution in [-0.4, -0.2) is 50.1 Å². The maximum absolute atomic E-state index is 12.3. The Bertz CT molecular complexity index is 588. The van der Waals surface area contributed by atoms with Crippen molar-refractivity contribution >= 4 is 5.91 Å². The third-order valence-electron chi connectivity index (χ3n) is 3.45. The second-order valence-electron chi connectivity index (χ2n) is 4.88. The number of hydrogen-bond acceptors (Lipinski definition) is 4. The smallest absolute Gasteiger partial charge is 0.276 e. The van der Waals surface area contributed by atoms with Crippen molar-refractivity contribution in [1.82, 2.24) is 19.9 Å². The molecule has 0 radical (unpaired) electrons. The molecule has 0 unspecified atom stereocenters. The summed E-state index contributed by atoms with van der Waals surface area (Å²) < 4.78 is 0. The van der Waals surface area contributed by atoms with Crippen LogP contribution >= 0.6 is 0 Å². The van der Waals surface area contributed by atoms with Crippen molar-refractivity contribution in [3.8, 4) is 5.69 Å². The Morgan fingerprint density at radius 2 is 1.90 bits per heavy atom. The summed E-state index contributed by atoms with van der Waals surface area (Å²) >= 11 is 0. The van der Waals surface area contributed by atoms with Crippen molar-refractivity contribution in [3.63, 3.8) is 0 Å². The number of nitrogens with zero attached hydrogens (tertiary/aromatic N) is 4. The molecule has 1 fully saturated rings. The third-order valence-corrected chi connectivity index (χ3v) is 3.45. The number of aromatic nitrogens is 3. The maximum Gasteiger partial charge on any atom is 0.276 e. The normalized spacial score (nSPS) is 16.4. The number of para-hydroxylation sites is 1. The van der Waals surface area contributed by atoms with E-state index in [-0.39, 0.29) is 12.0 Å². The van der Waals surface area contributed by atoms with Gasteiger partial charge in [-0.15, -0.1) is 5.10 Å². The van der Waals surface area contributed by atoms with Gasteiger partial charge in [0.2, 0.25) is 0 Å². The average molecular weight is 272 g/mol. The lowest BCUT2D eigenvalue weighted by Crippen LogP contribution is -2.40. The maximum atomic E-state index is 12.3. The molecule has 0 bridgehead atoms. The highest BCUT2D eigenvalue weighted by molar-refractivity contribution is 5.92. The fourth-order valence-electron chi connectivity index (χ4n) is 2.28. The lowest BCUT2D eigenvalue weighted by Gasteiger charge is -2.28. The van der Waals surface area contributed by atoms with Gasteiger partial charge in [0.05, 0.1) is 18.0 Å². The van der Waals surface area contributed by atoms with E-state index in [0.717, 1.165) is 5.69 Å². The van der Waals surface area contributed by atoms with Crippen LogP contribution in [0.25, 0.3) is 5.69 Å². The van der Waals surface area contributed by atoms with Crippen molar-refractivity contribution in [2.75, 3.05) is 13.1 Å². The van der Waals surface area contributed by atoms with Crippen molar-refractivity contribution < 1.29 is 9.90 Å². The van der Waals surface area contributed by atoms with Crippen LogP contribution in [0.3, 0.4) is 0 Å². The molecule has 1 saturated heterocycles. The third kappa shape index (κ3) is 2.55. The molecule has 1 aliphatic rings. The van der Waals surface area contributed by atoms with Crippen LogP contribution in [-0.2, 0) is 0 Å². The molecule has 1 amide bonds.